The highest BCUT2D eigenvalue weighted by Gasteiger charge is 2.49. The molecule has 0 saturated carbocycles. The van der Waals surface area contributed by atoms with Gasteiger partial charge in [0.15, 0.2) is 6.29 Å². The van der Waals surface area contributed by atoms with E-state index in [4.69, 9.17) is 13.8 Å². The van der Waals surface area contributed by atoms with Gasteiger partial charge in [0, 0.05) is 6.92 Å². The fourth-order valence-electron chi connectivity index (χ4n) is 7.37. The number of aliphatic hydroxyl groups excluding tert-OH is 3. The molecule has 15 heteroatoms. The molecule has 0 aromatic heterocycles. The number of ether oxygens (including phenoxy) is 1. The molecule has 1 amide bonds. The van der Waals surface area contributed by atoms with E-state index < -0.39 is 65.4 Å². The number of carbonyl (C=O) groups excluding carboxylic acids is 1. The van der Waals surface area contributed by atoms with Crippen molar-refractivity contribution in [3.05, 3.63) is 105 Å². The number of hydrogen-bond acceptors (Lipinski definition) is 10. The summed E-state index contributed by atoms with van der Waals surface area (Å²) >= 11 is 0. The minimum atomic E-state index is -5.42. The van der Waals surface area contributed by atoms with E-state index in [0.29, 0.717) is 6.42 Å². The molecule has 68 heavy (non-hydrogen) atoms. The predicted molar refractivity (Wildman–Crippen MR) is 276 cm³/mol. The van der Waals surface area contributed by atoms with Gasteiger partial charge in [-0.1, -0.05) is 105 Å². The average molecular weight is 994 g/mol. The molecule has 1 heterocycles. The van der Waals surface area contributed by atoms with Gasteiger partial charge in [0.1, 0.15) is 24.4 Å². The van der Waals surface area contributed by atoms with Crippen LogP contribution < -0.4 is 5.32 Å². The molecule has 1 saturated heterocycles. The van der Waals surface area contributed by atoms with E-state index in [9.17, 15) is 39.0 Å². The maximum absolute atomic E-state index is 12.6. The molecule has 13 nitrogen and oxygen atoms in total. The van der Waals surface area contributed by atoms with Crippen LogP contribution in [0.4, 0.5) is 0 Å². The predicted octanol–water partition coefficient (Wildman–Crippen LogP) is 13.0. The van der Waals surface area contributed by atoms with Crippen LogP contribution >= 0.6 is 15.6 Å². The maximum atomic E-state index is 12.6. The van der Waals surface area contributed by atoms with Gasteiger partial charge in [-0.05, 0) is 172 Å². The molecule has 6 N–H and O–H groups in total. The Kier molecular flexibility index (Phi) is 32.1. The van der Waals surface area contributed by atoms with Crippen molar-refractivity contribution in [2.24, 2.45) is 0 Å². The van der Waals surface area contributed by atoms with E-state index in [1.807, 2.05) is 6.92 Å². The lowest BCUT2D eigenvalue weighted by molar-refractivity contribution is -0.247. The SMILES string of the molecule is CC(=O)N[C@H]1[C@@H](OP(=O)(O)OP(=O)(O)OC/C=C(\C)CC/C=C(\C)CC/C=C(\C)CC/C=C(\C)CC/C=C(\C)CC/C=C(\C)CC/C=C(\C)CC/C=C(\C)CCC=C(C)C)O[C@H](CO)[C@H](O)[C@@H]1O. The van der Waals surface area contributed by atoms with Crippen LogP contribution in [-0.2, 0) is 32.0 Å². The van der Waals surface area contributed by atoms with Crippen molar-refractivity contribution in [1.82, 2.24) is 5.32 Å². The van der Waals surface area contributed by atoms with Gasteiger partial charge in [-0.25, -0.2) is 9.13 Å². The number of phosphoric ester groups is 2. The van der Waals surface area contributed by atoms with Crippen molar-refractivity contribution in [1.29, 1.82) is 0 Å². The van der Waals surface area contributed by atoms with Crippen LogP contribution in [0.15, 0.2) is 105 Å². The summed E-state index contributed by atoms with van der Waals surface area (Å²) in [5, 5.41) is 32.1. The van der Waals surface area contributed by atoms with Crippen LogP contribution in [0.1, 0.15) is 179 Å². The molecule has 1 aliphatic rings. The first-order valence-electron chi connectivity index (χ1n) is 24.4. The van der Waals surface area contributed by atoms with Gasteiger partial charge >= 0.3 is 15.6 Å². The highest BCUT2D eigenvalue weighted by molar-refractivity contribution is 7.61. The van der Waals surface area contributed by atoms with Crippen molar-refractivity contribution in [2.45, 2.75) is 210 Å². The van der Waals surface area contributed by atoms with Gasteiger partial charge in [0.2, 0.25) is 5.91 Å². The van der Waals surface area contributed by atoms with Crippen molar-refractivity contribution in [3.63, 3.8) is 0 Å². The normalized spacial score (nSPS) is 22.5. The fraction of sp³-hybridized carbons (Fsp3) is 0.642. The zero-order valence-electron chi connectivity index (χ0n) is 43.3. The molecular weight excluding hydrogens is 905 g/mol. The van der Waals surface area contributed by atoms with E-state index in [1.165, 1.54) is 44.6 Å². The Morgan fingerprint density at radius 2 is 0.838 bits per heavy atom. The van der Waals surface area contributed by atoms with Gasteiger partial charge in [-0.3, -0.25) is 13.8 Å². The Morgan fingerprint density at radius 1 is 0.515 bits per heavy atom. The quantitative estimate of drug-likeness (QED) is 0.0269. The van der Waals surface area contributed by atoms with Gasteiger partial charge in [0.05, 0.1) is 13.2 Å². The zero-order valence-corrected chi connectivity index (χ0v) is 45.1. The van der Waals surface area contributed by atoms with Crippen molar-refractivity contribution in [2.75, 3.05) is 13.2 Å². The van der Waals surface area contributed by atoms with Crippen LogP contribution in [0.5, 0.6) is 0 Å². The monoisotopic (exact) mass is 994 g/mol. The lowest BCUT2D eigenvalue weighted by Gasteiger charge is -2.42. The number of amides is 1. The van der Waals surface area contributed by atoms with Crippen LogP contribution in [-0.4, -0.2) is 74.9 Å². The summed E-state index contributed by atoms with van der Waals surface area (Å²) in [5.41, 5.74) is 12.3. The number of phosphoric acid groups is 2. The second kappa shape index (κ2) is 34.5. The second-order valence-corrected chi connectivity index (χ2v) is 21.8. The Morgan fingerprint density at radius 3 is 1.15 bits per heavy atom. The van der Waals surface area contributed by atoms with Crippen LogP contribution in [0, 0.1) is 0 Å². The number of allylic oxidation sites excluding steroid dienone is 17. The first-order chi connectivity index (χ1) is 31.9. The Hall–Kier alpha value is -2.77. The first-order valence-corrected chi connectivity index (χ1v) is 27.4. The van der Waals surface area contributed by atoms with Gasteiger partial charge in [0.25, 0.3) is 0 Å². The maximum Gasteiger partial charge on any atom is 0.483 e. The molecule has 0 aliphatic carbocycles. The third-order valence-corrected chi connectivity index (χ3v) is 14.3. The number of aliphatic hydroxyl groups is 3. The first kappa shape index (κ1) is 63.2. The van der Waals surface area contributed by atoms with Crippen LogP contribution in [0.25, 0.3) is 0 Å². The summed E-state index contributed by atoms with van der Waals surface area (Å²) < 4.78 is 44.3. The van der Waals surface area contributed by atoms with Crippen molar-refractivity contribution >= 4 is 21.6 Å². The van der Waals surface area contributed by atoms with E-state index >= 15 is 0 Å². The average Bonchev–Trinajstić information content (AvgIpc) is 3.22. The van der Waals surface area contributed by atoms with Gasteiger partial charge < -0.3 is 35.2 Å². The van der Waals surface area contributed by atoms with Crippen molar-refractivity contribution < 1.29 is 57.1 Å². The van der Waals surface area contributed by atoms with E-state index in [-0.39, 0.29) is 0 Å². The van der Waals surface area contributed by atoms with Gasteiger partial charge in [-0.2, -0.15) is 4.31 Å². The molecule has 0 aromatic rings. The van der Waals surface area contributed by atoms with Crippen LogP contribution in [0.3, 0.4) is 0 Å². The smallest absolute Gasteiger partial charge is 0.394 e. The molecule has 0 radical (unpaired) electrons. The molecule has 0 aromatic carbocycles. The molecule has 7 atom stereocenters. The van der Waals surface area contributed by atoms with Crippen molar-refractivity contribution in [3.8, 4) is 0 Å². The minimum Gasteiger partial charge on any atom is -0.394 e. The summed E-state index contributed by atoms with van der Waals surface area (Å²) in [6, 6.07) is -1.58. The summed E-state index contributed by atoms with van der Waals surface area (Å²) in [6.07, 6.45) is 30.1. The van der Waals surface area contributed by atoms with Gasteiger partial charge in [-0.15, -0.1) is 0 Å². The third-order valence-electron chi connectivity index (χ3n) is 11.7. The zero-order chi connectivity index (χ0) is 51.3. The number of carbonyl (C=O) groups is 1. The van der Waals surface area contributed by atoms with E-state index in [2.05, 4.69) is 121 Å². The molecule has 0 spiro atoms. The Labute approximate surface area is 410 Å². The van der Waals surface area contributed by atoms with E-state index in [0.717, 1.165) is 109 Å². The van der Waals surface area contributed by atoms with Crippen LogP contribution in [0.2, 0.25) is 0 Å². The third kappa shape index (κ3) is 30.8. The number of nitrogens with one attached hydrogen (secondary N) is 1. The molecule has 1 rings (SSSR count). The van der Waals surface area contributed by atoms with E-state index in [1.54, 1.807) is 6.08 Å². The number of hydrogen-bond donors (Lipinski definition) is 6. The number of rotatable bonds is 33. The minimum absolute atomic E-state index is 0.405. The summed E-state index contributed by atoms with van der Waals surface area (Å²) in [7, 11) is -10.6. The lowest BCUT2D eigenvalue weighted by atomic mass is 9.97. The summed E-state index contributed by atoms with van der Waals surface area (Å²) in [6.45, 7) is 21.6. The summed E-state index contributed by atoms with van der Waals surface area (Å²) in [5.74, 6) is -0.707. The molecule has 1 fully saturated rings. The topological polar surface area (TPSA) is 201 Å². The standard InChI is InChI=1S/C53H89NO12P2/c1-39(2)20-12-21-40(3)22-13-23-41(4)24-14-25-42(5)26-15-27-43(6)28-16-29-44(7)30-17-31-45(8)32-18-33-46(9)34-19-35-47(10)36-37-63-67(59,60)66-68(61,62)65-53-50(54-48(11)56)52(58)51(57)49(38-55)64-53/h20,22,24,26,28,30,32,34,36,49-53,55,57-58H,12-19,21,23,25,27,29,31,33,35,37-38H2,1-11H3,(H,54,56)(H,59,60)(H,61,62)/b40-22+,41-24+,42-26+,43-28+,44-30+,45-32+,46-34+,47-36+/t49-,50-,51+,52-,53-/m1/s1. The molecular formula is C53H89NO12P2. The largest absolute Gasteiger partial charge is 0.483 e. The summed E-state index contributed by atoms with van der Waals surface area (Å²) in [4.78, 5) is 31.9. The molecule has 2 unspecified atom stereocenters. The molecule has 1 aliphatic heterocycles. The molecule has 0 bridgehead atoms. The fourth-order valence-corrected chi connectivity index (χ4v) is 9.46. The Balaban J connectivity index is 2.37. The molecule has 388 valence electrons. The highest BCUT2D eigenvalue weighted by Crippen LogP contribution is 2.61. The lowest BCUT2D eigenvalue weighted by Crippen LogP contribution is -2.64. The second-order valence-electron chi connectivity index (χ2n) is 18.8. The highest BCUT2D eigenvalue weighted by atomic mass is 31.3. The Bertz CT molecular complexity index is 1920.